The Morgan fingerprint density at radius 3 is 2.67 bits per heavy atom. The van der Waals surface area contributed by atoms with Gasteiger partial charge in [0, 0.05) is 13.5 Å². The Hall–Kier alpha value is -0.410. The van der Waals surface area contributed by atoms with Crippen LogP contribution in [0.25, 0.3) is 0 Å². The third kappa shape index (κ3) is 4.12. The van der Waals surface area contributed by atoms with Crippen LogP contribution in [0.4, 0.5) is 0 Å². The first kappa shape index (κ1) is 8.59. The summed E-state index contributed by atoms with van der Waals surface area (Å²) in [5.41, 5.74) is 5.27. The number of methoxy groups -OCH3 is 1. The van der Waals surface area contributed by atoms with Gasteiger partial charge in [0.15, 0.2) is 5.78 Å². The molecule has 9 heavy (non-hydrogen) atoms. The molecule has 0 saturated heterocycles. The standard InChI is InChI=1S/C6H13NO2/c1-5(7)6(8)3-4-9-2/h5H,3-4,7H2,1-2H3. The highest BCUT2D eigenvalue weighted by Crippen LogP contribution is 1.87. The van der Waals surface area contributed by atoms with E-state index in [1.807, 2.05) is 0 Å². The minimum atomic E-state index is -0.347. The van der Waals surface area contributed by atoms with E-state index in [0.717, 1.165) is 0 Å². The minimum absolute atomic E-state index is 0.0526. The van der Waals surface area contributed by atoms with Crippen molar-refractivity contribution < 1.29 is 9.53 Å². The number of carbonyl (C=O) groups excluding carboxylic acids is 1. The summed E-state index contributed by atoms with van der Waals surface area (Å²) in [5, 5.41) is 0. The van der Waals surface area contributed by atoms with E-state index in [1.165, 1.54) is 0 Å². The van der Waals surface area contributed by atoms with Crippen molar-refractivity contribution in [2.24, 2.45) is 5.73 Å². The van der Waals surface area contributed by atoms with Crippen LogP contribution in [0.1, 0.15) is 13.3 Å². The molecule has 0 aliphatic carbocycles. The summed E-state index contributed by atoms with van der Waals surface area (Å²) < 4.78 is 4.69. The molecule has 3 heteroatoms. The highest BCUT2D eigenvalue weighted by molar-refractivity contribution is 5.83. The zero-order valence-corrected chi connectivity index (χ0v) is 5.89. The lowest BCUT2D eigenvalue weighted by atomic mass is 10.2. The maximum atomic E-state index is 10.7. The van der Waals surface area contributed by atoms with Gasteiger partial charge in [-0.3, -0.25) is 4.79 Å². The lowest BCUT2D eigenvalue weighted by Crippen LogP contribution is -2.27. The van der Waals surface area contributed by atoms with Crippen molar-refractivity contribution in [2.45, 2.75) is 19.4 Å². The van der Waals surface area contributed by atoms with Crippen LogP contribution in [0.2, 0.25) is 0 Å². The minimum Gasteiger partial charge on any atom is -0.384 e. The van der Waals surface area contributed by atoms with E-state index in [0.29, 0.717) is 13.0 Å². The molecule has 3 nitrogen and oxygen atoms in total. The Kier molecular flexibility index (Phi) is 4.26. The molecule has 1 atom stereocenters. The van der Waals surface area contributed by atoms with Crippen LogP contribution in [0, 0.1) is 0 Å². The van der Waals surface area contributed by atoms with E-state index in [1.54, 1.807) is 14.0 Å². The van der Waals surface area contributed by atoms with Gasteiger partial charge in [0.25, 0.3) is 0 Å². The zero-order valence-electron chi connectivity index (χ0n) is 5.89. The Bertz CT molecular complexity index is 91.1. The highest BCUT2D eigenvalue weighted by Gasteiger charge is 2.05. The van der Waals surface area contributed by atoms with Gasteiger partial charge in [-0.15, -0.1) is 0 Å². The molecule has 0 fully saturated rings. The van der Waals surface area contributed by atoms with Gasteiger partial charge in [0.2, 0.25) is 0 Å². The summed E-state index contributed by atoms with van der Waals surface area (Å²) >= 11 is 0. The molecule has 0 bridgehead atoms. The molecule has 0 rings (SSSR count). The number of nitrogens with two attached hydrogens (primary N) is 1. The normalized spacial score (nSPS) is 13.2. The summed E-state index contributed by atoms with van der Waals surface area (Å²) in [7, 11) is 1.56. The molecule has 0 aromatic rings. The molecule has 54 valence electrons. The van der Waals surface area contributed by atoms with Crippen molar-refractivity contribution in [1.82, 2.24) is 0 Å². The van der Waals surface area contributed by atoms with Gasteiger partial charge in [0.05, 0.1) is 12.6 Å². The van der Waals surface area contributed by atoms with Crippen molar-refractivity contribution >= 4 is 5.78 Å². The van der Waals surface area contributed by atoms with Crippen LogP contribution in [-0.4, -0.2) is 25.5 Å². The Morgan fingerprint density at radius 2 is 2.33 bits per heavy atom. The second-order valence-corrected chi connectivity index (χ2v) is 2.00. The summed E-state index contributed by atoms with van der Waals surface area (Å²) in [6, 6.07) is -0.347. The maximum absolute atomic E-state index is 10.7. The smallest absolute Gasteiger partial charge is 0.151 e. The number of ether oxygens (including phenoxy) is 1. The molecule has 1 unspecified atom stereocenters. The molecule has 0 aliphatic rings. The molecule has 0 radical (unpaired) electrons. The van der Waals surface area contributed by atoms with Crippen LogP contribution in [0.15, 0.2) is 0 Å². The van der Waals surface area contributed by atoms with Crippen molar-refractivity contribution in [3.63, 3.8) is 0 Å². The summed E-state index contributed by atoms with van der Waals surface area (Å²) in [4.78, 5) is 10.7. The van der Waals surface area contributed by atoms with Crippen LogP contribution >= 0.6 is 0 Å². The third-order valence-corrected chi connectivity index (χ3v) is 1.06. The van der Waals surface area contributed by atoms with Crippen LogP contribution < -0.4 is 5.73 Å². The van der Waals surface area contributed by atoms with Gasteiger partial charge in [0.1, 0.15) is 0 Å². The first-order valence-electron chi connectivity index (χ1n) is 2.95. The third-order valence-electron chi connectivity index (χ3n) is 1.06. The van der Waals surface area contributed by atoms with E-state index in [2.05, 4.69) is 4.74 Å². The monoisotopic (exact) mass is 131 g/mol. The summed E-state index contributed by atoms with van der Waals surface area (Å²) in [6.07, 6.45) is 0.425. The van der Waals surface area contributed by atoms with E-state index < -0.39 is 0 Å². The molecular weight excluding hydrogens is 118 g/mol. The van der Waals surface area contributed by atoms with E-state index in [9.17, 15) is 4.79 Å². The predicted octanol–water partition coefficient (Wildman–Crippen LogP) is -0.0608. The summed E-state index contributed by atoms with van der Waals surface area (Å²) in [5.74, 6) is 0.0526. The molecule has 0 heterocycles. The second kappa shape index (κ2) is 4.47. The Labute approximate surface area is 55.2 Å². The Balaban J connectivity index is 3.28. The first-order chi connectivity index (χ1) is 4.18. The molecule has 0 aliphatic heterocycles. The Morgan fingerprint density at radius 1 is 1.78 bits per heavy atom. The molecule has 0 spiro atoms. The fraction of sp³-hybridized carbons (Fsp3) is 0.833. The number of Topliss-reactive ketones (excluding diaryl/α,β-unsaturated/α-hetero) is 1. The van der Waals surface area contributed by atoms with Crippen molar-refractivity contribution in [3.05, 3.63) is 0 Å². The molecule has 0 aromatic heterocycles. The van der Waals surface area contributed by atoms with Gasteiger partial charge in [-0.1, -0.05) is 0 Å². The quantitative estimate of drug-likeness (QED) is 0.581. The van der Waals surface area contributed by atoms with Crippen LogP contribution in [-0.2, 0) is 9.53 Å². The highest BCUT2D eigenvalue weighted by atomic mass is 16.5. The number of ketones is 1. The largest absolute Gasteiger partial charge is 0.384 e. The predicted molar refractivity (Wildman–Crippen MR) is 35.1 cm³/mol. The number of rotatable bonds is 4. The molecule has 0 amide bonds. The lowest BCUT2D eigenvalue weighted by Gasteiger charge is -2.01. The zero-order chi connectivity index (χ0) is 7.28. The van der Waals surface area contributed by atoms with Gasteiger partial charge < -0.3 is 10.5 Å². The average molecular weight is 131 g/mol. The molecule has 0 saturated carbocycles. The summed E-state index contributed by atoms with van der Waals surface area (Å²) in [6.45, 7) is 2.15. The first-order valence-corrected chi connectivity index (χ1v) is 2.95. The second-order valence-electron chi connectivity index (χ2n) is 2.00. The van der Waals surface area contributed by atoms with E-state index >= 15 is 0 Å². The van der Waals surface area contributed by atoms with E-state index in [-0.39, 0.29) is 11.8 Å². The topological polar surface area (TPSA) is 52.3 Å². The SMILES string of the molecule is COCCC(=O)C(C)N. The molecule has 0 aromatic carbocycles. The number of hydrogen-bond acceptors (Lipinski definition) is 3. The van der Waals surface area contributed by atoms with Crippen LogP contribution in [0.3, 0.4) is 0 Å². The van der Waals surface area contributed by atoms with Gasteiger partial charge in [-0.25, -0.2) is 0 Å². The van der Waals surface area contributed by atoms with Crippen LogP contribution in [0.5, 0.6) is 0 Å². The fourth-order valence-corrected chi connectivity index (χ4v) is 0.430. The number of carbonyl (C=O) groups is 1. The lowest BCUT2D eigenvalue weighted by molar-refractivity contribution is -0.120. The van der Waals surface area contributed by atoms with Gasteiger partial charge in [-0.2, -0.15) is 0 Å². The van der Waals surface area contributed by atoms with Crippen molar-refractivity contribution in [2.75, 3.05) is 13.7 Å². The van der Waals surface area contributed by atoms with Crippen molar-refractivity contribution in [1.29, 1.82) is 0 Å². The average Bonchev–Trinajstić information content (AvgIpc) is 1.82. The molecule has 2 N–H and O–H groups in total. The maximum Gasteiger partial charge on any atom is 0.151 e. The molecular formula is C6H13NO2. The van der Waals surface area contributed by atoms with E-state index in [4.69, 9.17) is 5.73 Å². The fourth-order valence-electron chi connectivity index (χ4n) is 0.430. The van der Waals surface area contributed by atoms with Gasteiger partial charge >= 0.3 is 0 Å². The van der Waals surface area contributed by atoms with Crippen molar-refractivity contribution in [3.8, 4) is 0 Å². The van der Waals surface area contributed by atoms with Gasteiger partial charge in [-0.05, 0) is 6.92 Å². The number of hydrogen-bond donors (Lipinski definition) is 1.